The van der Waals surface area contributed by atoms with E-state index in [1.54, 1.807) is 23.9 Å². The number of halogens is 1. The van der Waals surface area contributed by atoms with Crippen LogP contribution in [0.4, 0.5) is 0 Å². The Morgan fingerprint density at radius 2 is 1.86 bits per heavy atom. The monoisotopic (exact) mass is 408 g/mol. The van der Waals surface area contributed by atoms with Crippen molar-refractivity contribution in [2.24, 2.45) is 0 Å². The van der Waals surface area contributed by atoms with E-state index >= 15 is 0 Å². The minimum absolute atomic E-state index is 0.0403. The lowest BCUT2D eigenvalue weighted by Crippen LogP contribution is -2.48. The van der Waals surface area contributed by atoms with E-state index < -0.39 is 16.1 Å². The summed E-state index contributed by atoms with van der Waals surface area (Å²) in [5, 5.41) is 2.75. The van der Waals surface area contributed by atoms with Crippen molar-refractivity contribution in [1.82, 2.24) is 10.0 Å². The zero-order valence-electron chi connectivity index (χ0n) is 12.8. The number of nitrogens with one attached hydrogen (secondary N) is 2. The van der Waals surface area contributed by atoms with Crippen LogP contribution in [0.3, 0.4) is 0 Å². The van der Waals surface area contributed by atoms with E-state index in [1.807, 2.05) is 20.1 Å². The third kappa shape index (κ3) is 6.28. The number of thioether (sulfide) groups is 1. The first-order valence-corrected chi connectivity index (χ1v) is 10.5. The second-order valence-electron chi connectivity index (χ2n) is 5.07. The van der Waals surface area contributed by atoms with Crippen molar-refractivity contribution in [3.05, 3.63) is 28.7 Å². The zero-order valence-corrected chi connectivity index (χ0v) is 16.0. The highest BCUT2D eigenvalue weighted by Crippen LogP contribution is 2.15. The first-order valence-electron chi connectivity index (χ1n) is 6.83. The third-order valence-electron chi connectivity index (χ3n) is 2.78. The molecule has 0 fully saturated rings. The Labute approximate surface area is 144 Å². The summed E-state index contributed by atoms with van der Waals surface area (Å²) in [6.45, 7) is 3.68. The number of benzene rings is 1. The SMILES string of the molecule is CSCC[C@H](NS(=O)(=O)c1ccc(Br)cc1)C(=O)NC(C)C. The van der Waals surface area contributed by atoms with Gasteiger partial charge in [-0.2, -0.15) is 16.5 Å². The van der Waals surface area contributed by atoms with Crippen molar-refractivity contribution in [2.45, 2.75) is 37.2 Å². The molecule has 1 amide bonds. The first-order chi connectivity index (χ1) is 10.3. The van der Waals surface area contributed by atoms with Gasteiger partial charge in [0, 0.05) is 10.5 Å². The van der Waals surface area contributed by atoms with Crippen LogP contribution in [0.5, 0.6) is 0 Å². The van der Waals surface area contributed by atoms with Crippen molar-refractivity contribution in [3.63, 3.8) is 0 Å². The van der Waals surface area contributed by atoms with Gasteiger partial charge in [0.1, 0.15) is 6.04 Å². The van der Waals surface area contributed by atoms with Gasteiger partial charge < -0.3 is 5.32 Å². The molecule has 8 heteroatoms. The van der Waals surface area contributed by atoms with Gasteiger partial charge in [0.25, 0.3) is 0 Å². The zero-order chi connectivity index (χ0) is 16.8. The maximum absolute atomic E-state index is 12.4. The minimum Gasteiger partial charge on any atom is -0.353 e. The molecule has 0 aliphatic rings. The van der Waals surface area contributed by atoms with Crippen LogP contribution in [0, 0.1) is 0 Å². The lowest BCUT2D eigenvalue weighted by molar-refractivity contribution is -0.123. The first kappa shape index (κ1) is 19.5. The second-order valence-corrected chi connectivity index (χ2v) is 8.69. The highest BCUT2D eigenvalue weighted by Gasteiger charge is 2.25. The topological polar surface area (TPSA) is 75.3 Å². The van der Waals surface area contributed by atoms with Crippen molar-refractivity contribution in [3.8, 4) is 0 Å². The van der Waals surface area contributed by atoms with E-state index in [1.165, 1.54) is 12.1 Å². The summed E-state index contributed by atoms with van der Waals surface area (Å²) in [4.78, 5) is 12.3. The van der Waals surface area contributed by atoms with Gasteiger partial charge in [0.05, 0.1) is 4.90 Å². The Hall–Kier alpha value is -0.570. The number of carbonyl (C=O) groups excluding carboxylic acids is 1. The number of sulfonamides is 1. The van der Waals surface area contributed by atoms with Gasteiger partial charge in [-0.1, -0.05) is 15.9 Å². The number of hydrogen-bond acceptors (Lipinski definition) is 4. The average Bonchev–Trinajstić information content (AvgIpc) is 2.43. The summed E-state index contributed by atoms with van der Waals surface area (Å²) in [5.41, 5.74) is 0. The van der Waals surface area contributed by atoms with Gasteiger partial charge in [-0.3, -0.25) is 4.79 Å². The van der Waals surface area contributed by atoms with Crippen LogP contribution in [0.15, 0.2) is 33.6 Å². The number of carbonyl (C=O) groups is 1. The van der Waals surface area contributed by atoms with Crippen LogP contribution in [-0.2, 0) is 14.8 Å². The Morgan fingerprint density at radius 1 is 1.27 bits per heavy atom. The average molecular weight is 409 g/mol. The molecule has 1 aromatic rings. The smallest absolute Gasteiger partial charge is 0.241 e. The van der Waals surface area contributed by atoms with Gasteiger partial charge in [-0.25, -0.2) is 8.42 Å². The van der Waals surface area contributed by atoms with Crippen molar-refractivity contribution < 1.29 is 13.2 Å². The lowest BCUT2D eigenvalue weighted by atomic mass is 10.2. The van der Waals surface area contributed by atoms with Crippen molar-refractivity contribution in [1.29, 1.82) is 0 Å². The maximum atomic E-state index is 12.4. The molecule has 0 heterocycles. The van der Waals surface area contributed by atoms with Gasteiger partial charge in [-0.15, -0.1) is 0 Å². The van der Waals surface area contributed by atoms with Gasteiger partial charge in [0.2, 0.25) is 15.9 Å². The van der Waals surface area contributed by atoms with Crippen LogP contribution >= 0.6 is 27.7 Å². The predicted octanol–water partition coefficient (Wildman–Crippen LogP) is 2.37. The molecule has 22 heavy (non-hydrogen) atoms. The molecule has 0 aliphatic heterocycles. The Bertz CT molecular complexity index is 589. The van der Waals surface area contributed by atoms with E-state index in [-0.39, 0.29) is 16.8 Å². The fourth-order valence-electron chi connectivity index (χ4n) is 1.73. The van der Waals surface area contributed by atoms with Crippen molar-refractivity contribution >= 4 is 43.6 Å². The number of hydrogen-bond donors (Lipinski definition) is 2. The largest absolute Gasteiger partial charge is 0.353 e. The van der Waals surface area contributed by atoms with E-state index in [2.05, 4.69) is 26.0 Å². The molecule has 0 spiro atoms. The Balaban J connectivity index is 2.91. The molecule has 0 saturated heterocycles. The van der Waals surface area contributed by atoms with E-state index in [0.29, 0.717) is 12.2 Å². The molecular weight excluding hydrogens is 388 g/mol. The molecule has 0 radical (unpaired) electrons. The standard InChI is InChI=1S/C14H21BrN2O3S2/c1-10(2)16-14(18)13(8-9-21-3)17-22(19,20)12-6-4-11(15)5-7-12/h4-7,10,13,17H,8-9H2,1-3H3,(H,16,18)/t13-/m0/s1. The highest BCUT2D eigenvalue weighted by molar-refractivity contribution is 9.10. The molecule has 0 aliphatic carbocycles. The molecule has 0 saturated carbocycles. The van der Waals surface area contributed by atoms with Crippen molar-refractivity contribution in [2.75, 3.05) is 12.0 Å². The molecule has 0 unspecified atom stereocenters. The summed E-state index contributed by atoms with van der Waals surface area (Å²) < 4.78 is 28.1. The normalized spacial score (nSPS) is 13.1. The quantitative estimate of drug-likeness (QED) is 0.692. The predicted molar refractivity (Wildman–Crippen MR) is 94.5 cm³/mol. The van der Waals surface area contributed by atoms with E-state index in [4.69, 9.17) is 0 Å². The van der Waals surface area contributed by atoms with Gasteiger partial charge in [-0.05, 0) is 56.5 Å². The molecule has 1 atom stereocenters. The second kappa shape index (κ2) is 8.90. The highest BCUT2D eigenvalue weighted by atomic mass is 79.9. The molecular formula is C14H21BrN2O3S2. The summed E-state index contributed by atoms with van der Waals surface area (Å²) in [6.07, 6.45) is 2.36. The summed E-state index contributed by atoms with van der Waals surface area (Å²) >= 11 is 4.83. The molecule has 1 aromatic carbocycles. The lowest BCUT2D eigenvalue weighted by Gasteiger charge is -2.19. The van der Waals surface area contributed by atoms with Crippen LogP contribution < -0.4 is 10.0 Å². The molecule has 1 rings (SSSR count). The molecule has 2 N–H and O–H groups in total. The van der Waals surface area contributed by atoms with Crippen LogP contribution in [0.1, 0.15) is 20.3 Å². The number of amides is 1. The Morgan fingerprint density at radius 3 is 2.36 bits per heavy atom. The van der Waals surface area contributed by atoms with E-state index in [0.717, 1.165) is 4.47 Å². The maximum Gasteiger partial charge on any atom is 0.241 e. The summed E-state index contributed by atoms with van der Waals surface area (Å²) in [7, 11) is -3.73. The molecule has 5 nitrogen and oxygen atoms in total. The van der Waals surface area contributed by atoms with E-state index in [9.17, 15) is 13.2 Å². The molecule has 0 bridgehead atoms. The minimum atomic E-state index is -3.73. The fraction of sp³-hybridized carbons (Fsp3) is 0.500. The third-order valence-corrected chi connectivity index (χ3v) is 5.44. The van der Waals surface area contributed by atoms with Crippen LogP contribution in [0.25, 0.3) is 0 Å². The fourth-order valence-corrected chi connectivity index (χ4v) is 3.70. The summed E-state index contributed by atoms with van der Waals surface area (Å²) in [6, 6.07) is 5.49. The molecule has 124 valence electrons. The van der Waals surface area contributed by atoms with Gasteiger partial charge in [0.15, 0.2) is 0 Å². The Kier molecular flexibility index (Phi) is 7.88. The van der Waals surface area contributed by atoms with Gasteiger partial charge >= 0.3 is 0 Å². The molecule has 0 aromatic heterocycles. The van der Waals surface area contributed by atoms with Crippen LogP contribution in [-0.4, -0.2) is 38.4 Å². The van der Waals surface area contributed by atoms with Crippen LogP contribution in [0.2, 0.25) is 0 Å². The summed E-state index contributed by atoms with van der Waals surface area (Å²) in [5.74, 6) is 0.392. The number of rotatable bonds is 8.